The molecule has 2 rings (SSSR count). The molecule has 0 radical (unpaired) electrons. The molecule has 1 aromatic rings. The molecule has 1 aliphatic carbocycles. The van der Waals surface area contributed by atoms with Crippen LogP contribution in [0.5, 0.6) is 5.75 Å². The first-order valence-electron chi connectivity index (χ1n) is 8.35. The van der Waals surface area contributed by atoms with Crippen LogP contribution in [0.25, 0.3) is 0 Å². The molecule has 0 spiro atoms. The van der Waals surface area contributed by atoms with E-state index >= 15 is 0 Å². The normalized spacial score (nSPS) is 17.0. The molecule has 1 unspecified atom stereocenters. The van der Waals surface area contributed by atoms with Crippen molar-refractivity contribution in [3.63, 3.8) is 0 Å². The number of rotatable bonds is 7. The molecule has 4 nitrogen and oxygen atoms in total. The van der Waals surface area contributed by atoms with Crippen molar-refractivity contribution in [1.29, 1.82) is 0 Å². The van der Waals surface area contributed by atoms with Crippen molar-refractivity contribution in [2.75, 3.05) is 13.2 Å². The van der Waals surface area contributed by atoms with Gasteiger partial charge in [0.1, 0.15) is 12.4 Å². The highest BCUT2D eigenvalue weighted by molar-refractivity contribution is 5.89. The highest BCUT2D eigenvalue weighted by Gasteiger charge is 2.16. The van der Waals surface area contributed by atoms with Crippen molar-refractivity contribution in [2.45, 2.75) is 58.0 Å². The molecular weight excluding hydrogens is 278 g/mol. The third kappa shape index (κ3) is 5.34. The first-order chi connectivity index (χ1) is 10.7. The lowest BCUT2D eigenvalue weighted by molar-refractivity contribution is 0.0464. The Morgan fingerprint density at radius 1 is 1.23 bits per heavy atom. The number of hydrogen-bond donors (Lipinski definition) is 1. The third-order valence-corrected chi connectivity index (χ3v) is 3.99. The van der Waals surface area contributed by atoms with Crippen LogP contribution in [0.15, 0.2) is 24.3 Å². The van der Waals surface area contributed by atoms with Crippen molar-refractivity contribution >= 4 is 5.97 Å². The second-order valence-electron chi connectivity index (χ2n) is 5.96. The predicted molar refractivity (Wildman–Crippen MR) is 87.4 cm³/mol. The SMILES string of the molecule is CCOc1ccc(C(=O)OCC(C)NC2CCCCC2)cc1. The van der Waals surface area contributed by atoms with Crippen LogP contribution in [0, 0.1) is 0 Å². The molecule has 1 atom stereocenters. The molecule has 4 heteroatoms. The van der Waals surface area contributed by atoms with Crippen LogP contribution in [0.2, 0.25) is 0 Å². The van der Waals surface area contributed by atoms with E-state index < -0.39 is 0 Å². The summed E-state index contributed by atoms with van der Waals surface area (Å²) in [5.74, 6) is 0.492. The maximum atomic E-state index is 12.0. The molecule has 0 saturated heterocycles. The summed E-state index contributed by atoms with van der Waals surface area (Å²) in [5, 5.41) is 3.55. The lowest BCUT2D eigenvalue weighted by Gasteiger charge is -2.26. The summed E-state index contributed by atoms with van der Waals surface area (Å²) in [6.45, 7) is 5.03. The van der Waals surface area contributed by atoms with Crippen LogP contribution < -0.4 is 10.1 Å². The summed E-state index contributed by atoms with van der Waals surface area (Å²) >= 11 is 0. The van der Waals surface area contributed by atoms with Gasteiger partial charge in [-0.15, -0.1) is 0 Å². The molecule has 122 valence electrons. The van der Waals surface area contributed by atoms with Gasteiger partial charge in [0.2, 0.25) is 0 Å². The van der Waals surface area contributed by atoms with E-state index in [1.807, 2.05) is 6.92 Å². The van der Waals surface area contributed by atoms with Crippen LogP contribution in [-0.2, 0) is 4.74 Å². The van der Waals surface area contributed by atoms with E-state index in [-0.39, 0.29) is 12.0 Å². The molecule has 1 saturated carbocycles. The second-order valence-corrected chi connectivity index (χ2v) is 5.96. The number of ether oxygens (including phenoxy) is 2. The lowest BCUT2D eigenvalue weighted by Crippen LogP contribution is -2.40. The van der Waals surface area contributed by atoms with Gasteiger partial charge in [-0.05, 0) is 51.0 Å². The molecule has 1 aromatic carbocycles. The predicted octanol–water partition coefficient (Wildman–Crippen LogP) is 3.55. The van der Waals surface area contributed by atoms with E-state index in [1.54, 1.807) is 24.3 Å². The molecule has 1 fully saturated rings. The minimum atomic E-state index is -0.277. The largest absolute Gasteiger partial charge is 0.494 e. The fourth-order valence-corrected chi connectivity index (χ4v) is 2.86. The molecule has 1 N–H and O–H groups in total. The highest BCUT2D eigenvalue weighted by atomic mass is 16.5. The van der Waals surface area contributed by atoms with Gasteiger partial charge in [-0.2, -0.15) is 0 Å². The van der Waals surface area contributed by atoms with Gasteiger partial charge >= 0.3 is 5.97 Å². The van der Waals surface area contributed by atoms with Gasteiger partial charge in [-0.1, -0.05) is 19.3 Å². The summed E-state index contributed by atoms with van der Waals surface area (Å²) in [5.41, 5.74) is 0.563. The maximum Gasteiger partial charge on any atom is 0.338 e. The number of benzene rings is 1. The zero-order valence-corrected chi connectivity index (χ0v) is 13.6. The van der Waals surface area contributed by atoms with Crippen molar-refractivity contribution in [2.24, 2.45) is 0 Å². The van der Waals surface area contributed by atoms with Crippen molar-refractivity contribution in [1.82, 2.24) is 5.32 Å². The van der Waals surface area contributed by atoms with Crippen molar-refractivity contribution < 1.29 is 14.3 Å². The summed E-state index contributed by atoms with van der Waals surface area (Å²) in [6.07, 6.45) is 6.42. The Bertz CT molecular complexity index is 452. The van der Waals surface area contributed by atoms with Gasteiger partial charge in [0.25, 0.3) is 0 Å². The molecule has 0 bridgehead atoms. The first-order valence-corrected chi connectivity index (χ1v) is 8.35. The van der Waals surface area contributed by atoms with Gasteiger partial charge in [0.05, 0.1) is 12.2 Å². The molecule has 0 amide bonds. The summed E-state index contributed by atoms with van der Waals surface area (Å²) in [6, 6.07) is 7.84. The maximum absolute atomic E-state index is 12.0. The Morgan fingerprint density at radius 3 is 2.55 bits per heavy atom. The Kier molecular flexibility index (Phi) is 6.72. The minimum Gasteiger partial charge on any atom is -0.494 e. The van der Waals surface area contributed by atoms with Crippen LogP contribution in [0.3, 0.4) is 0 Å². The van der Waals surface area contributed by atoms with Crippen LogP contribution in [-0.4, -0.2) is 31.3 Å². The molecule has 22 heavy (non-hydrogen) atoms. The van der Waals surface area contributed by atoms with Crippen LogP contribution in [0.1, 0.15) is 56.3 Å². The summed E-state index contributed by atoms with van der Waals surface area (Å²) in [4.78, 5) is 12.0. The van der Waals surface area contributed by atoms with Gasteiger partial charge in [0.15, 0.2) is 0 Å². The monoisotopic (exact) mass is 305 g/mol. The number of carbonyl (C=O) groups is 1. The molecule has 0 aliphatic heterocycles. The summed E-state index contributed by atoms with van der Waals surface area (Å²) < 4.78 is 10.8. The molecule has 0 aromatic heterocycles. The average molecular weight is 305 g/mol. The number of esters is 1. The Labute approximate surface area is 133 Å². The zero-order chi connectivity index (χ0) is 15.8. The highest BCUT2D eigenvalue weighted by Crippen LogP contribution is 2.18. The lowest BCUT2D eigenvalue weighted by atomic mass is 9.95. The smallest absolute Gasteiger partial charge is 0.338 e. The van der Waals surface area contributed by atoms with Gasteiger partial charge in [0, 0.05) is 12.1 Å². The van der Waals surface area contributed by atoms with E-state index in [1.165, 1.54) is 32.1 Å². The first kappa shape index (κ1) is 16.8. The topological polar surface area (TPSA) is 47.6 Å². The van der Waals surface area contributed by atoms with Gasteiger partial charge < -0.3 is 14.8 Å². The fraction of sp³-hybridized carbons (Fsp3) is 0.611. The quantitative estimate of drug-likeness (QED) is 0.783. The third-order valence-electron chi connectivity index (χ3n) is 3.99. The number of carbonyl (C=O) groups excluding carboxylic acids is 1. The molecule has 0 heterocycles. The van der Waals surface area contributed by atoms with E-state index in [0.29, 0.717) is 24.8 Å². The minimum absolute atomic E-state index is 0.190. The summed E-state index contributed by atoms with van der Waals surface area (Å²) in [7, 11) is 0. The Balaban J connectivity index is 1.74. The van der Waals surface area contributed by atoms with Crippen LogP contribution >= 0.6 is 0 Å². The van der Waals surface area contributed by atoms with E-state index in [2.05, 4.69) is 12.2 Å². The molecule has 1 aliphatic rings. The zero-order valence-electron chi connectivity index (χ0n) is 13.6. The van der Waals surface area contributed by atoms with Gasteiger partial charge in [-0.3, -0.25) is 0 Å². The fourth-order valence-electron chi connectivity index (χ4n) is 2.86. The second kappa shape index (κ2) is 8.79. The van der Waals surface area contributed by atoms with Crippen molar-refractivity contribution in [3.05, 3.63) is 29.8 Å². The van der Waals surface area contributed by atoms with E-state index in [4.69, 9.17) is 9.47 Å². The average Bonchev–Trinajstić information content (AvgIpc) is 2.54. The number of nitrogens with one attached hydrogen (secondary N) is 1. The molecular formula is C18H27NO3. The van der Waals surface area contributed by atoms with Gasteiger partial charge in [-0.25, -0.2) is 4.79 Å². The Hall–Kier alpha value is -1.55. The van der Waals surface area contributed by atoms with E-state index in [9.17, 15) is 4.79 Å². The Morgan fingerprint density at radius 2 is 1.91 bits per heavy atom. The standard InChI is InChI=1S/C18H27NO3/c1-3-21-17-11-9-15(10-12-17)18(20)22-13-14(2)19-16-7-5-4-6-8-16/h9-12,14,16,19H,3-8,13H2,1-2H3. The van der Waals surface area contributed by atoms with Crippen LogP contribution in [0.4, 0.5) is 0 Å². The van der Waals surface area contributed by atoms with E-state index in [0.717, 1.165) is 5.75 Å². The number of hydrogen-bond acceptors (Lipinski definition) is 4. The van der Waals surface area contributed by atoms with Crippen molar-refractivity contribution in [3.8, 4) is 5.75 Å².